The van der Waals surface area contributed by atoms with Crippen molar-refractivity contribution in [1.29, 1.82) is 0 Å². The molecule has 1 aliphatic heterocycles. The minimum atomic E-state index is -0.296. The van der Waals surface area contributed by atoms with Gasteiger partial charge in [0.15, 0.2) is 5.13 Å². The lowest BCUT2D eigenvalue weighted by Crippen LogP contribution is -2.43. The molecule has 6 heteroatoms. The average Bonchev–Trinajstić information content (AvgIpc) is 3.01. The van der Waals surface area contributed by atoms with Crippen molar-refractivity contribution in [2.45, 2.75) is 25.8 Å². The Bertz CT molecular complexity index is 671. The Morgan fingerprint density at radius 2 is 2.32 bits per heavy atom. The number of benzene rings is 1. The zero-order valence-corrected chi connectivity index (χ0v) is 13.3. The van der Waals surface area contributed by atoms with Gasteiger partial charge in [0.2, 0.25) is 0 Å². The predicted octanol–water partition coefficient (Wildman–Crippen LogP) is 2.83. The molecule has 2 heterocycles. The molecule has 0 unspecified atom stereocenters. The summed E-state index contributed by atoms with van der Waals surface area (Å²) in [6.45, 7) is 2.55. The van der Waals surface area contributed by atoms with Crippen molar-refractivity contribution >= 4 is 22.5 Å². The van der Waals surface area contributed by atoms with Gasteiger partial charge in [-0.1, -0.05) is 31.2 Å². The molecule has 1 aromatic heterocycles. The fourth-order valence-electron chi connectivity index (χ4n) is 2.78. The van der Waals surface area contributed by atoms with E-state index in [1.54, 1.807) is 4.90 Å². The molecule has 3 rings (SSSR count). The molecule has 0 saturated carbocycles. The van der Waals surface area contributed by atoms with E-state index in [1.165, 1.54) is 16.9 Å². The Kier molecular flexibility index (Phi) is 4.40. The van der Waals surface area contributed by atoms with Crippen LogP contribution in [-0.2, 0) is 12.8 Å². The maximum Gasteiger partial charge on any atom is 0.324 e. The molecule has 0 radical (unpaired) electrons. The molecule has 2 amide bonds. The number of rotatable bonds is 3. The molecular formula is C16H19N3O2S. The number of hydrogen-bond acceptors (Lipinski definition) is 4. The van der Waals surface area contributed by atoms with E-state index in [0.29, 0.717) is 11.7 Å². The molecule has 1 aromatic carbocycles. The predicted molar refractivity (Wildman–Crippen MR) is 87.2 cm³/mol. The van der Waals surface area contributed by atoms with Crippen LogP contribution in [0.3, 0.4) is 0 Å². The van der Waals surface area contributed by atoms with Crippen LogP contribution in [0.4, 0.5) is 9.93 Å². The van der Waals surface area contributed by atoms with Gasteiger partial charge >= 0.3 is 6.03 Å². The maximum atomic E-state index is 12.5. The summed E-state index contributed by atoms with van der Waals surface area (Å²) in [4.78, 5) is 18.6. The molecular weight excluding hydrogens is 298 g/mol. The average molecular weight is 317 g/mol. The lowest BCUT2D eigenvalue weighted by atomic mass is 9.93. The number of nitrogens with one attached hydrogen (secondary N) is 1. The van der Waals surface area contributed by atoms with Crippen LogP contribution in [0.25, 0.3) is 0 Å². The summed E-state index contributed by atoms with van der Waals surface area (Å²) in [6.07, 6.45) is 1.65. The van der Waals surface area contributed by atoms with E-state index in [4.69, 9.17) is 0 Å². The van der Waals surface area contributed by atoms with Crippen molar-refractivity contribution in [3.63, 3.8) is 0 Å². The zero-order valence-electron chi connectivity index (χ0n) is 12.5. The van der Waals surface area contributed by atoms with Crippen LogP contribution in [0, 0.1) is 0 Å². The quantitative estimate of drug-likeness (QED) is 0.915. The van der Waals surface area contributed by atoms with Gasteiger partial charge in [0.1, 0.15) is 0 Å². The highest BCUT2D eigenvalue weighted by Crippen LogP contribution is 2.30. The number of thiazole rings is 1. The van der Waals surface area contributed by atoms with Gasteiger partial charge in [-0.25, -0.2) is 9.78 Å². The van der Waals surface area contributed by atoms with Crippen molar-refractivity contribution in [2.75, 3.05) is 18.5 Å². The third kappa shape index (κ3) is 2.84. The van der Waals surface area contributed by atoms with Gasteiger partial charge in [0.05, 0.1) is 18.3 Å². The number of nitrogens with zero attached hydrogens (tertiary/aromatic N) is 2. The summed E-state index contributed by atoms with van der Waals surface area (Å²) < 4.78 is 0. The first kappa shape index (κ1) is 15.0. The van der Waals surface area contributed by atoms with Crippen LogP contribution >= 0.6 is 11.3 Å². The van der Waals surface area contributed by atoms with Crippen LogP contribution in [0.2, 0.25) is 0 Å². The second-order valence-electron chi connectivity index (χ2n) is 5.27. The summed E-state index contributed by atoms with van der Waals surface area (Å²) in [6, 6.07) is 7.47. The number of aryl methyl sites for hydroxylation is 1. The van der Waals surface area contributed by atoms with E-state index in [2.05, 4.69) is 16.4 Å². The Morgan fingerprint density at radius 3 is 3.05 bits per heavy atom. The first-order valence-electron chi connectivity index (χ1n) is 7.43. The summed E-state index contributed by atoms with van der Waals surface area (Å²) in [5.41, 5.74) is 3.20. The number of carbonyl (C=O) groups excluding carboxylic acids is 1. The number of anilines is 1. The monoisotopic (exact) mass is 317 g/mol. The van der Waals surface area contributed by atoms with Crippen LogP contribution < -0.4 is 5.32 Å². The van der Waals surface area contributed by atoms with Crippen molar-refractivity contribution in [3.05, 3.63) is 46.5 Å². The van der Waals surface area contributed by atoms with Crippen molar-refractivity contribution in [3.8, 4) is 0 Å². The first-order chi connectivity index (χ1) is 10.7. The van der Waals surface area contributed by atoms with Gasteiger partial charge in [-0.15, -0.1) is 11.3 Å². The minimum absolute atomic E-state index is 0.0808. The lowest BCUT2D eigenvalue weighted by molar-refractivity contribution is 0.135. The van der Waals surface area contributed by atoms with E-state index in [9.17, 15) is 9.90 Å². The molecule has 0 bridgehead atoms. The number of urea groups is 1. The van der Waals surface area contributed by atoms with E-state index in [-0.39, 0.29) is 18.7 Å². The summed E-state index contributed by atoms with van der Waals surface area (Å²) in [5, 5.41) is 15.1. The molecule has 1 aliphatic rings. The molecule has 5 nitrogen and oxygen atoms in total. The normalized spacial score (nSPS) is 17.2. The highest BCUT2D eigenvalue weighted by Gasteiger charge is 2.30. The molecule has 0 spiro atoms. The first-order valence-corrected chi connectivity index (χ1v) is 8.31. The fraction of sp³-hybridized carbons (Fsp3) is 0.375. The number of carbonyl (C=O) groups is 1. The van der Waals surface area contributed by atoms with Gasteiger partial charge in [-0.2, -0.15) is 0 Å². The van der Waals surface area contributed by atoms with Crippen LogP contribution in [0.5, 0.6) is 0 Å². The SMILES string of the molecule is CCc1csc(NC(=O)N2CCc3ccccc3[C@@H]2CO)n1. The largest absolute Gasteiger partial charge is 0.394 e. The third-order valence-electron chi connectivity index (χ3n) is 3.97. The Hall–Kier alpha value is -1.92. The van der Waals surface area contributed by atoms with E-state index in [1.807, 2.05) is 30.5 Å². The van der Waals surface area contributed by atoms with Crippen LogP contribution in [0.15, 0.2) is 29.6 Å². The second-order valence-corrected chi connectivity index (χ2v) is 6.13. The van der Waals surface area contributed by atoms with Gasteiger partial charge in [-0.05, 0) is 24.0 Å². The Balaban J connectivity index is 1.77. The van der Waals surface area contributed by atoms with Crippen molar-refractivity contribution in [2.24, 2.45) is 0 Å². The zero-order chi connectivity index (χ0) is 15.5. The Morgan fingerprint density at radius 1 is 1.50 bits per heavy atom. The van der Waals surface area contributed by atoms with Crippen LogP contribution in [0.1, 0.15) is 29.8 Å². The van der Waals surface area contributed by atoms with E-state index < -0.39 is 0 Å². The summed E-state index contributed by atoms with van der Waals surface area (Å²) >= 11 is 1.43. The second kappa shape index (κ2) is 6.46. The number of hydrogen-bond donors (Lipinski definition) is 2. The smallest absolute Gasteiger partial charge is 0.324 e. The van der Waals surface area contributed by atoms with E-state index in [0.717, 1.165) is 24.1 Å². The van der Waals surface area contributed by atoms with Gasteiger partial charge < -0.3 is 10.0 Å². The van der Waals surface area contributed by atoms with Crippen LogP contribution in [-0.4, -0.2) is 34.2 Å². The third-order valence-corrected chi connectivity index (χ3v) is 4.78. The molecule has 1 atom stereocenters. The highest BCUT2D eigenvalue weighted by atomic mass is 32.1. The minimum Gasteiger partial charge on any atom is -0.394 e. The number of aliphatic hydroxyl groups is 1. The Labute approximate surface area is 133 Å². The number of fused-ring (bicyclic) bond motifs is 1. The maximum absolute atomic E-state index is 12.5. The van der Waals surface area contributed by atoms with Gasteiger partial charge in [0, 0.05) is 11.9 Å². The summed E-state index contributed by atoms with van der Waals surface area (Å²) in [7, 11) is 0. The standard InChI is InChI=1S/C16H19N3O2S/c1-2-12-10-22-15(17-12)18-16(21)19-8-7-11-5-3-4-6-13(11)14(19)9-20/h3-6,10,14,20H,2,7-9H2,1H3,(H,17,18,21)/t14-/m0/s1. The van der Waals surface area contributed by atoms with Gasteiger partial charge in [-0.3, -0.25) is 5.32 Å². The lowest BCUT2D eigenvalue weighted by Gasteiger charge is -2.36. The molecule has 22 heavy (non-hydrogen) atoms. The van der Waals surface area contributed by atoms with Gasteiger partial charge in [0.25, 0.3) is 0 Å². The van der Waals surface area contributed by atoms with Crippen molar-refractivity contribution in [1.82, 2.24) is 9.88 Å². The van der Waals surface area contributed by atoms with Crippen molar-refractivity contribution < 1.29 is 9.90 Å². The highest BCUT2D eigenvalue weighted by molar-refractivity contribution is 7.13. The molecule has 0 saturated heterocycles. The molecule has 2 aromatic rings. The molecule has 116 valence electrons. The topological polar surface area (TPSA) is 65.5 Å². The summed E-state index contributed by atoms with van der Waals surface area (Å²) in [5.74, 6) is 0. The fourth-order valence-corrected chi connectivity index (χ4v) is 3.56. The van der Waals surface area contributed by atoms with E-state index >= 15 is 0 Å². The number of amides is 2. The molecule has 2 N–H and O–H groups in total. The molecule has 0 fully saturated rings. The number of aliphatic hydroxyl groups excluding tert-OH is 1. The molecule has 0 aliphatic carbocycles. The number of aromatic nitrogens is 1.